The first-order valence-corrected chi connectivity index (χ1v) is 7.95. The van der Waals surface area contributed by atoms with Crippen molar-refractivity contribution < 1.29 is 14.3 Å². The zero-order chi connectivity index (χ0) is 15.5. The fraction of sp³-hybridized carbons (Fsp3) is 0.867. The number of nitrogens with one attached hydrogen (secondary N) is 1. The van der Waals surface area contributed by atoms with Crippen LogP contribution in [0.3, 0.4) is 0 Å². The average molecular weight is 299 g/mol. The third kappa shape index (κ3) is 8.02. The Balaban J connectivity index is 2.25. The minimum atomic E-state index is -0.0664. The Labute approximate surface area is 127 Å². The molecule has 0 saturated carbocycles. The number of amides is 2. The summed E-state index contributed by atoms with van der Waals surface area (Å²) >= 11 is 0. The third-order valence-electron chi connectivity index (χ3n) is 3.67. The molecule has 0 bridgehead atoms. The first-order chi connectivity index (χ1) is 10.1. The average Bonchev–Trinajstić information content (AvgIpc) is 2.48. The molecule has 1 fully saturated rings. The zero-order valence-corrected chi connectivity index (χ0v) is 13.4. The molecule has 1 heterocycles. The molecule has 6 nitrogen and oxygen atoms in total. The van der Waals surface area contributed by atoms with Gasteiger partial charge in [0.1, 0.15) is 0 Å². The lowest BCUT2D eigenvalue weighted by molar-refractivity contribution is -0.134. The summed E-state index contributed by atoms with van der Waals surface area (Å²) in [5, 5.41) is 2.87. The lowest BCUT2D eigenvalue weighted by Crippen LogP contribution is -2.45. The molecule has 1 saturated heterocycles. The van der Waals surface area contributed by atoms with Crippen LogP contribution in [0.5, 0.6) is 0 Å². The molecule has 0 atom stereocenters. The van der Waals surface area contributed by atoms with E-state index in [1.807, 2.05) is 0 Å². The smallest absolute Gasteiger partial charge is 0.239 e. The van der Waals surface area contributed by atoms with Crippen molar-refractivity contribution in [2.45, 2.75) is 33.1 Å². The van der Waals surface area contributed by atoms with E-state index >= 15 is 0 Å². The van der Waals surface area contributed by atoms with Gasteiger partial charge in [-0.1, -0.05) is 19.8 Å². The fourth-order valence-electron chi connectivity index (χ4n) is 2.27. The van der Waals surface area contributed by atoms with Crippen LogP contribution in [0.1, 0.15) is 33.1 Å². The lowest BCUT2D eigenvalue weighted by atomic mass is 10.2. The van der Waals surface area contributed by atoms with Gasteiger partial charge in [0.2, 0.25) is 11.8 Å². The van der Waals surface area contributed by atoms with Crippen molar-refractivity contribution in [3.05, 3.63) is 0 Å². The molecule has 0 aromatic rings. The maximum absolute atomic E-state index is 11.8. The first kappa shape index (κ1) is 17.9. The largest absolute Gasteiger partial charge is 0.379 e. The maximum atomic E-state index is 11.8. The Kier molecular flexibility index (Phi) is 9.01. The Morgan fingerprint density at radius 3 is 2.57 bits per heavy atom. The predicted octanol–water partition coefficient (Wildman–Crippen LogP) is 0.474. The molecule has 0 aromatic heterocycles. The monoisotopic (exact) mass is 299 g/mol. The standard InChI is InChI=1S/C15H29N3O3/c1-3-4-5-6-16-15(20)13-18(14(2)19)8-7-17-9-11-21-12-10-17/h3-13H2,1-2H3,(H,16,20). The Bertz CT molecular complexity index is 317. The highest BCUT2D eigenvalue weighted by Gasteiger charge is 2.16. The van der Waals surface area contributed by atoms with Crippen LogP contribution in [-0.4, -0.2) is 74.1 Å². The van der Waals surface area contributed by atoms with Gasteiger partial charge in [-0.05, 0) is 6.42 Å². The van der Waals surface area contributed by atoms with E-state index in [9.17, 15) is 9.59 Å². The van der Waals surface area contributed by atoms with E-state index in [4.69, 9.17) is 4.74 Å². The summed E-state index contributed by atoms with van der Waals surface area (Å²) < 4.78 is 5.30. The number of rotatable bonds is 9. The van der Waals surface area contributed by atoms with Crippen LogP contribution in [-0.2, 0) is 14.3 Å². The van der Waals surface area contributed by atoms with Gasteiger partial charge in [-0.3, -0.25) is 14.5 Å². The molecule has 1 rings (SSSR count). The minimum absolute atomic E-state index is 0.0491. The van der Waals surface area contributed by atoms with Gasteiger partial charge >= 0.3 is 0 Å². The molecule has 1 aliphatic heterocycles. The molecule has 1 N–H and O–H groups in total. The summed E-state index contributed by atoms with van der Waals surface area (Å²) in [6.07, 6.45) is 3.25. The number of carbonyl (C=O) groups is 2. The number of carbonyl (C=O) groups excluding carboxylic acids is 2. The van der Waals surface area contributed by atoms with E-state index in [1.54, 1.807) is 4.90 Å². The molecule has 0 radical (unpaired) electrons. The van der Waals surface area contributed by atoms with Gasteiger partial charge in [-0.15, -0.1) is 0 Å². The summed E-state index contributed by atoms with van der Waals surface area (Å²) in [6.45, 7) is 9.19. The van der Waals surface area contributed by atoms with Crippen molar-refractivity contribution in [2.75, 3.05) is 52.5 Å². The van der Waals surface area contributed by atoms with Crippen LogP contribution >= 0.6 is 0 Å². The van der Waals surface area contributed by atoms with Gasteiger partial charge in [-0.25, -0.2) is 0 Å². The fourth-order valence-corrected chi connectivity index (χ4v) is 2.27. The zero-order valence-electron chi connectivity index (χ0n) is 13.4. The normalized spacial score (nSPS) is 15.7. The second-order valence-corrected chi connectivity index (χ2v) is 5.45. The van der Waals surface area contributed by atoms with E-state index in [-0.39, 0.29) is 18.4 Å². The molecule has 122 valence electrons. The molecule has 21 heavy (non-hydrogen) atoms. The molecule has 2 amide bonds. The van der Waals surface area contributed by atoms with Crippen LogP contribution in [0.4, 0.5) is 0 Å². The van der Waals surface area contributed by atoms with Gasteiger partial charge in [0.05, 0.1) is 19.8 Å². The van der Waals surface area contributed by atoms with E-state index in [0.717, 1.165) is 52.1 Å². The van der Waals surface area contributed by atoms with Gasteiger partial charge in [0.25, 0.3) is 0 Å². The number of morpholine rings is 1. The van der Waals surface area contributed by atoms with E-state index in [0.29, 0.717) is 13.1 Å². The number of hydrogen-bond donors (Lipinski definition) is 1. The van der Waals surface area contributed by atoms with E-state index in [2.05, 4.69) is 17.1 Å². The van der Waals surface area contributed by atoms with Crippen LogP contribution in [0.15, 0.2) is 0 Å². The van der Waals surface area contributed by atoms with Gasteiger partial charge < -0.3 is 15.0 Å². The van der Waals surface area contributed by atoms with Crippen molar-refractivity contribution in [1.82, 2.24) is 15.1 Å². The van der Waals surface area contributed by atoms with Crippen LogP contribution in [0.25, 0.3) is 0 Å². The van der Waals surface area contributed by atoms with E-state index < -0.39 is 0 Å². The highest BCUT2D eigenvalue weighted by molar-refractivity contribution is 5.83. The maximum Gasteiger partial charge on any atom is 0.239 e. The number of ether oxygens (including phenoxy) is 1. The molecule has 1 aliphatic rings. The molecular weight excluding hydrogens is 270 g/mol. The van der Waals surface area contributed by atoms with Crippen LogP contribution < -0.4 is 5.32 Å². The number of unbranched alkanes of at least 4 members (excludes halogenated alkanes) is 2. The van der Waals surface area contributed by atoms with E-state index in [1.165, 1.54) is 6.92 Å². The molecule has 0 spiro atoms. The van der Waals surface area contributed by atoms with Crippen molar-refractivity contribution in [1.29, 1.82) is 0 Å². The van der Waals surface area contributed by atoms with Crippen LogP contribution in [0.2, 0.25) is 0 Å². The summed E-state index contributed by atoms with van der Waals surface area (Å²) in [7, 11) is 0. The van der Waals surface area contributed by atoms with Crippen molar-refractivity contribution in [3.63, 3.8) is 0 Å². The SMILES string of the molecule is CCCCCNC(=O)CN(CCN1CCOCC1)C(C)=O. The highest BCUT2D eigenvalue weighted by atomic mass is 16.5. The molecule has 0 aromatic carbocycles. The second kappa shape index (κ2) is 10.6. The number of nitrogens with zero attached hydrogens (tertiary/aromatic N) is 2. The Morgan fingerprint density at radius 2 is 1.95 bits per heavy atom. The van der Waals surface area contributed by atoms with Crippen LogP contribution in [0, 0.1) is 0 Å². The Hall–Kier alpha value is -1.14. The lowest BCUT2D eigenvalue weighted by Gasteiger charge is -2.29. The van der Waals surface area contributed by atoms with Gasteiger partial charge in [0.15, 0.2) is 0 Å². The third-order valence-corrected chi connectivity index (χ3v) is 3.67. The van der Waals surface area contributed by atoms with Crippen molar-refractivity contribution in [3.8, 4) is 0 Å². The summed E-state index contributed by atoms with van der Waals surface area (Å²) in [4.78, 5) is 27.3. The minimum Gasteiger partial charge on any atom is -0.379 e. The quantitative estimate of drug-likeness (QED) is 0.629. The van der Waals surface area contributed by atoms with Crippen molar-refractivity contribution in [2.24, 2.45) is 0 Å². The summed E-state index contributed by atoms with van der Waals surface area (Å²) in [5.74, 6) is -0.116. The number of hydrogen-bond acceptors (Lipinski definition) is 4. The van der Waals surface area contributed by atoms with Gasteiger partial charge in [-0.2, -0.15) is 0 Å². The molecule has 0 unspecified atom stereocenters. The second-order valence-electron chi connectivity index (χ2n) is 5.45. The summed E-state index contributed by atoms with van der Waals surface area (Å²) in [6, 6.07) is 0. The molecule has 6 heteroatoms. The Morgan fingerprint density at radius 1 is 1.24 bits per heavy atom. The predicted molar refractivity (Wildman–Crippen MR) is 82.0 cm³/mol. The molecular formula is C15H29N3O3. The highest BCUT2D eigenvalue weighted by Crippen LogP contribution is 1.98. The van der Waals surface area contributed by atoms with Gasteiger partial charge in [0, 0.05) is 39.6 Å². The molecule has 0 aliphatic carbocycles. The topological polar surface area (TPSA) is 61.9 Å². The first-order valence-electron chi connectivity index (χ1n) is 7.95. The summed E-state index contributed by atoms with van der Waals surface area (Å²) in [5.41, 5.74) is 0. The van der Waals surface area contributed by atoms with Crippen molar-refractivity contribution >= 4 is 11.8 Å².